The van der Waals surface area contributed by atoms with Crippen LogP contribution in [0.1, 0.15) is 31.7 Å². The Morgan fingerprint density at radius 1 is 1.50 bits per heavy atom. The summed E-state index contributed by atoms with van der Waals surface area (Å²) in [5.41, 5.74) is 6.99. The summed E-state index contributed by atoms with van der Waals surface area (Å²) in [6, 6.07) is 7.79. The van der Waals surface area contributed by atoms with Crippen molar-refractivity contribution in [1.82, 2.24) is 0 Å². The van der Waals surface area contributed by atoms with Crippen molar-refractivity contribution in [2.75, 3.05) is 6.61 Å². The Bertz CT molecular complexity index is 415. The lowest BCUT2D eigenvalue weighted by Gasteiger charge is -2.14. The molecule has 0 saturated heterocycles. The molecule has 0 aromatic heterocycles. The monoisotopic (exact) mass is 266 g/mol. The molecule has 4 heteroatoms. The molecule has 1 atom stereocenters. The summed E-state index contributed by atoms with van der Waals surface area (Å²) in [6.07, 6.45) is 2.92. The van der Waals surface area contributed by atoms with Gasteiger partial charge in [0.1, 0.15) is 5.75 Å². The zero-order valence-electron chi connectivity index (χ0n) is 10.7. The lowest BCUT2D eigenvalue weighted by atomic mass is 10.0. The van der Waals surface area contributed by atoms with Gasteiger partial charge in [0.25, 0.3) is 0 Å². The minimum Gasteiger partial charge on any atom is -0.493 e. The van der Waals surface area contributed by atoms with E-state index in [4.69, 9.17) is 27.3 Å². The Labute approximate surface area is 114 Å². The van der Waals surface area contributed by atoms with Crippen molar-refractivity contribution < 1.29 is 4.74 Å². The van der Waals surface area contributed by atoms with Crippen LogP contribution in [-0.4, -0.2) is 12.6 Å². The van der Waals surface area contributed by atoms with E-state index in [2.05, 4.69) is 13.0 Å². The highest BCUT2D eigenvalue weighted by atomic mass is 35.5. The minimum absolute atomic E-state index is 0.116. The van der Waals surface area contributed by atoms with Gasteiger partial charge in [0.2, 0.25) is 0 Å². The summed E-state index contributed by atoms with van der Waals surface area (Å²) in [5, 5.41) is 9.16. The van der Waals surface area contributed by atoms with Crippen LogP contribution in [0.3, 0.4) is 0 Å². The highest BCUT2D eigenvalue weighted by Gasteiger charge is 2.08. The second-order valence-corrected chi connectivity index (χ2v) is 4.67. The maximum Gasteiger partial charge on any atom is 0.122 e. The van der Waals surface area contributed by atoms with Crippen LogP contribution in [-0.2, 0) is 6.42 Å². The topological polar surface area (TPSA) is 59.0 Å². The molecule has 1 aromatic carbocycles. The van der Waals surface area contributed by atoms with Gasteiger partial charge in [-0.1, -0.05) is 18.5 Å². The van der Waals surface area contributed by atoms with E-state index in [1.54, 1.807) is 0 Å². The summed E-state index contributed by atoms with van der Waals surface area (Å²) in [6.45, 7) is 2.60. The Morgan fingerprint density at radius 2 is 2.28 bits per heavy atom. The van der Waals surface area contributed by atoms with Crippen molar-refractivity contribution in [3.63, 3.8) is 0 Å². The van der Waals surface area contributed by atoms with E-state index in [0.29, 0.717) is 18.1 Å². The zero-order chi connectivity index (χ0) is 13.4. The van der Waals surface area contributed by atoms with Crippen LogP contribution in [0.2, 0.25) is 5.02 Å². The van der Waals surface area contributed by atoms with Gasteiger partial charge in [0.05, 0.1) is 12.7 Å². The molecule has 0 aliphatic carbocycles. The van der Waals surface area contributed by atoms with Crippen molar-refractivity contribution >= 4 is 11.6 Å². The summed E-state index contributed by atoms with van der Waals surface area (Å²) in [4.78, 5) is 0. The maximum absolute atomic E-state index is 8.47. The fourth-order valence-electron chi connectivity index (χ4n) is 1.61. The van der Waals surface area contributed by atoms with E-state index in [1.807, 2.05) is 18.2 Å². The maximum atomic E-state index is 8.47. The lowest BCUT2D eigenvalue weighted by Crippen LogP contribution is -2.21. The number of nitriles is 1. The second kappa shape index (κ2) is 7.97. The first kappa shape index (κ1) is 14.8. The van der Waals surface area contributed by atoms with Crippen molar-refractivity contribution in [2.24, 2.45) is 5.73 Å². The van der Waals surface area contributed by atoms with Gasteiger partial charge in [-0.3, -0.25) is 0 Å². The predicted molar refractivity (Wildman–Crippen MR) is 73.8 cm³/mol. The molecule has 18 heavy (non-hydrogen) atoms. The van der Waals surface area contributed by atoms with E-state index in [9.17, 15) is 0 Å². The molecular formula is C14H19ClN2O. The third-order valence-corrected chi connectivity index (χ3v) is 2.95. The average Bonchev–Trinajstić information content (AvgIpc) is 2.36. The molecule has 98 valence electrons. The standard InChI is InChI=1S/C14H19ClN2O/c1-2-13(17)10-11-9-12(15)5-6-14(11)18-8-4-3-7-16/h5-6,9,13H,2-4,8,10,17H2,1H3. The second-order valence-electron chi connectivity index (χ2n) is 4.23. The number of nitrogens with zero attached hydrogens (tertiary/aromatic N) is 1. The molecule has 0 aliphatic heterocycles. The van der Waals surface area contributed by atoms with Crippen LogP contribution in [0.25, 0.3) is 0 Å². The summed E-state index contributed by atoms with van der Waals surface area (Å²) in [7, 11) is 0. The van der Waals surface area contributed by atoms with Gasteiger partial charge in [-0.05, 0) is 43.0 Å². The quantitative estimate of drug-likeness (QED) is 0.771. The van der Waals surface area contributed by atoms with Crippen molar-refractivity contribution in [3.8, 4) is 11.8 Å². The Balaban J connectivity index is 2.67. The number of nitrogens with two attached hydrogens (primary N) is 1. The molecule has 0 amide bonds. The van der Waals surface area contributed by atoms with E-state index < -0.39 is 0 Å². The van der Waals surface area contributed by atoms with Gasteiger partial charge >= 0.3 is 0 Å². The molecule has 0 saturated carbocycles. The van der Waals surface area contributed by atoms with Crippen molar-refractivity contribution in [2.45, 2.75) is 38.6 Å². The van der Waals surface area contributed by atoms with Crippen LogP contribution in [0.15, 0.2) is 18.2 Å². The van der Waals surface area contributed by atoms with Gasteiger partial charge in [0.15, 0.2) is 0 Å². The molecule has 0 heterocycles. The molecule has 0 radical (unpaired) electrons. The number of unbranched alkanes of at least 4 members (excludes halogenated alkanes) is 1. The Morgan fingerprint density at radius 3 is 2.94 bits per heavy atom. The van der Waals surface area contributed by atoms with Crippen molar-refractivity contribution in [3.05, 3.63) is 28.8 Å². The molecule has 0 spiro atoms. The molecule has 1 rings (SSSR count). The van der Waals surface area contributed by atoms with Gasteiger partial charge in [-0.2, -0.15) is 5.26 Å². The first-order valence-corrected chi connectivity index (χ1v) is 6.59. The molecule has 2 N–H and O–H groups in total. The van der Waals surface area contributed by atoms with Crippen LogP contribution >= 0.6 is 11.6 Å². The fourth-order valence-corrected chi connectivity index (χ4v) is 1.80. The number of benzene rings is 1. The molecule has 1 aromatic rings. The molecule has 0 aliphatic rings. The molecular weight excluding hydrogens is 248 g/mol. The van der Waals surface area contributed by atoms with Gasteiger partial charge in [-0.25, -0.2) is 0 Å². The van der Waals surface area contributed by atoms with Crippen LogP contribution in [0.4, 0.5) is 0 Å². The highest BCUT2D eigenvalue weighted by molar-refractivity contribution is 6.30. The Hall–Kier alpha value is -1.24. The largest absolute Gasteiger partial charge is 0.493 e. The minimum atomic E-state index is 0.116. The number of hydrogen-bond donors (Lipinski definition) is 1. The van der Waals surface area contributed by atoms with Gasteiger partial charge < -0.3 is 10.5 Å². The summed E-state index contributed by atoms with van der Waals surface area (Å²) in [5.74, 6) is 0.821. The highest BCUT2D eigenvalue weighted by Crippen LogP contribution is 2.24. The summed E-state index contributed by atoms with van der Waals surface area (Å²) >= 11 is 5.99. The molecule has 0 fully saturated rings. The number of rotatable bonds is 7. The van der Waals surface area contributed by atoms with Crippen LogP contribution in [0.5, 0.6) is 5.75 Å². The van der Waals surface area contributed by atoms with Crippen LogP contribution < -0.4 is 10.5 Å². The number of ether oxygens (including phenoxy) is 1. The lowest BCUT2D eigenvalue weighted by molar-refractivity contribution is 0.308. The van der Waals surface area contributed by atoms with E-state index in [0.717, 1.165) is 30.6 Å². The number of hydrogen-bond acceptors (Lipinski definition) is 3. The van der Waals surface area contributed by atoms with Gasteiger partial charge in [-0.15, -0.1) is 0 Å². The normalized spacial score (nSPS) is 11.9. The average molecular weight is 267 g/mol. The molecule has 0 bridgehead atoms. The summed E-state index contributed by atoms with van der Waals surface area (Å²) < 4.78 is 5.67. The van der Waals surface area contributed by atoms with E-state index in [-0.39, 0.29) is 6.04 Å². The van der Waals surface area contributed by atoms with Gasteiger partial charge in [0, 0.05) is 17.5 Å². The van der Waals surface area contributed by atoms with E-state index in [1.165, 1.54) is 0 Å². The van der Waals surface area contributed by atoms with Crippen LogP contribution in [0, 0.1) is 11.3 Å². The number of halogens is 1. The SMILES string of the molecule is CCC(N)Cc1cc(Cl)ccc1OCCCC#N. The first-order valence-electron chi connectivity index (χ1n) is 6.21. The molecule has 1 unspecified atom stereocenters. The third-order valence-electron chi connectivity index (χ3n) is 2.72. The smallest absolute Gasteiger partial charge is 0.122 e. The fraction of sp³-hybridized carbons (Fsp3) is 0.500. The predicted octanol–water partition coefficient (Wildman–Crippen LogP) is 3.30. The first-order chi connectivity index (χ1) is 8.67. The van der Waals surface area contributed by atoms with Crippen molar-refractivity contribution in [1.29, 1.82) is 5.26 Å². The zero-order valence-corrected chi connectivity index (χ0v) is 11.4. The molecule has 3 nitrogen and oxygen atoms in total. The Kier molecular flexibility index (Phi) is 6.56. The third kappa shape index (κ3) is 4.95. The van der Waals surface area contributed by atoms with E-state index >= 15 is 0 Å².